The van der Waals surface area contributed by atoms with Crippen molar-refractivity contribution >= 4 is 11.8 Å². The van der Waals surface area contributed by atoms with Crippen LogP contribution in [0.5, 0.6) is 0 Å². The number of anilines is 1. The van der Waals surface area contributed by atoms with E-state index in [0.717, 1.165) is 57.6 Å². The third-order valence-corrected chi connectivity index (χ3v) is 4.79. The molecule has 2 rings (SSSR count). The van der Waals surface area contributed by atoms with E-state index in [9.17, 15) is 0 Å². The number of likely N-dealkylation sites (N-methyl/N-ethyl adjacent to an activating group) is 1. The fourth-order valence-electron chi connectivity index (χ4n) is 3.12. The van der Waals surface area contributed by atoms with E-state index in [1.165, 1.54) is 24.8 Å². The molecule has 0 atom stereocenters. The first-order chi connectivity index (χ1) is 12.8. The second-order valence-corrected chi connectivity index (χ2v) is 6.77. The largest absolute Gasteiger partial charge is 0.357 e. The minimum atomic E-state index is 0.674. The van der Waals surface area contributed by atoms with E-state index in [0.29, 0.717) is 6.54 Å². The topological polar surface area (TPSA) is 55.8 Å². The van der Waals surface area contributed by atoms with Crippen molar-refractivity contribution in [1.29, 1.82) is 0 Å². The highest BCUT2D eigenvalue weighted by Gasteiger charge is 2.16. The zero-order valence-corrected chi connectivity index (χ0v) is 16.8. The Morgan fingerprint density at radius 3 is 2.62 bits per heavy atom. The number of aliphatic imine (C=N–C) groups is 1. The summed E-state index contributed by atoms with van der Waals surface area (Å²) in [5.74, 6) is 1.98. The Labute approximate surface area is 159 Å². The van der Waals surface area contributed by atoms with Crippen molar-refractivity contribution in [2.24, 2.45) is 4.99 Å². The van der Waals surface area contributed by atoms with Crippen LogP contribution in [0.25, 0.3) is 0 Å². The summed E-state index contributed by atoms with van der Waals surface area (Å²) in [5.41, 5.74) is 1.21. The van der Waals surface area contributed by atoms with Gasteiger partial charge in [-0.2, -0.15) is 0 Å². The first-order valence-electron chi connectivity index (χ1n) is 10.2. The Kier molecular flexibility index (Phi) is 9.24. The van der Waals surface area contributed by atoms with Gasteiger partial charge in [0, 0.05) is 45.5 Å². The Morgan fingerprint density at radius 2 is 1.92 bits per heavy atom. The van der Waals surface area contributed by atoms with E-state index in [2.05, 4.69) is 58.3 Å². The second kappa shape index (κ2) is 11.7. The number of rotatable bonds is 9. The molecule has 26 heavy (non-hydrogen) atoms. The van der Waals surface area contributed by atoms with E-state index in [1.807, 2.05) is 6.20 Å². The molecule has 0 radical (unpaired) electrons. The molecule has 1 aromatic heterocycles. The molecule has 6 heteroatoms. The van der Waals surface area contributed by atoms with E-state index in [-0.39, 0.29) is 0 Å². The molecule has 1 saturated heterocycles. The van der Waals surface area contributed by atoms with Gasteiger partial charge in [0.15, 0.2) is 5.96 Å². The summed E-state index contributed by atoms with van der Waals surface area (Å²) in [4.78, 5) is 14.2. The lowest BCUT2D eigenvalue weighted by molar-refractivity contribution is 0.270. The molecule has 146 valence electrons. The number of aromatic nitrogens is 1. The average Bonchev–Trinajstić information content (AvgIpc) is 2.69. The number of unbranched alkanes of at least 4 members (excludes halogenated alkanes) is 2. The van der Waals surface area contributed by atoms with Crippen LogP contribution in [-0.2, 0) is 6.54 Å². The Bertz CT molecular complexity index is 537. The molecular weight excluding hydrogens is 324 g/mol. The number of nitrogens with one attached hydrogen (secondary N) is 2. The van der Waals surface area contributed by atoms with Crippen LogP contribution in [0.2, 0.25) is 0 Å². The summed E-state index contributed by atoms with van der Waals surface area (Å²) in [6, 6.07) is 4.25. The molecule has 1 fully saturated rings. The van der Waals surface area contributed by atoms with Crippen molar-refractivity contribution in [3.63, 3.8) is 0 Å². The highest BCUT2D eigenvalue weighted by atomic mass is 15.3. The quantitative estimate of drug-likeness (QED) is 0.402. The van der Waals surface area contributed by atoms with Crippen molar-refractivity contribution in [2.45, 2.75) is 46.6 Å². The third kappa shape index (κ3) is 6.83. The van der Waals surface area contributed by atoms with Crippen LogP contribution < -0.4 is 15.5 Å². The lowest BCUT2D eigenvalue weighted by atomic mass is 10.2. The van der Waals surface area contributed by atoms with Crippen LogP contribution in [0.3, 0.4) is 0 Å². The Hall–Kier alpha value is -1.82. The highest BCUT2D eigenvalue weighted by molar-refractivity contribution is 5.79. The number of pyridine rings is 1. The molecule has 1 aromatic rings. The van der Waals surface area contributed by atoms with Gasteiger partial charge in [0.25, 0.3) is 0 Å². The Balaban J connectivity index is 1.91. The number of piperazine rings is 1. The molecule has 0 unspecified atom stereocenters. The Morgan fingerprint density at radius 1 is 1.12 bits per heavy atom. The fourth-order valence-corrected chi connectivity index (χ4v) is 3.12. The zero-order valence-electron chi connectivity index (χ0n) is 16.8. The lowest BCUT2D eigenvalue weighted by Crippen LogP contribution is -2.46. The molecule has 6 nitrogen and oxygen atoms in total. The molecule has 0 amide bonds. The summed E-state index contributed by atoms with van der Waals surface area (Å²) in [7, 11) is 0. The van der Waals surface area contributed by atoms with Crippen LogP contribution >= 0.6 is 0 Å². The van der Waals surface area contributed by atoms with Gasteiger partial charge in [-0.3, -0.25) is 0 Å². The molecule has 0 spiro atoms. The number of hydrogen-bond acceptors (Lipinski definition) is 4. The van der Waals surface area contributed by atoms with Crippen molar-refractivity contribution < 1.29 is 0 Å². The summed E-state index contributed by atoms with van der Waals surface area (Å²) >= 11 is 0. The van der Waals surface area contributed by atoms with Gasteiger partial charge in [0.1, 0.15) is 5.82 Å². The minimum absolute atomic E-state index is 0.674. The van der Waals surface area contributed by atoms with Gasteiger partial charge >= 0.3 is 0 Å². The minimum Gasteiger partial charge on any atom is -0.357 e. The van der Waals surface area contributed by atoms with Gasteiger partial charge in [-0.25, -0.2) is 9.98 Å². The van der Waals surface area contributed by atoms with Crippen LogP contribution in [0.4, 0.5) is 5.82 Å². The van der Waals surface area contributed by atoms with Crippen molar-refractivity contribution in [3.8, 4) is 0 Å². The molecule has 2 heterocycles. The van der Waals surface area contributed by atoms with Gasteiger partial charge in [-0.05, 0) is 37.6 Å². The van der Waals surface area contributed by atoms with Gasteiger partial charge < -0.3 is 20.4 Å². The average molecular weight is 361 g/mol. The smallest absolute Gasteiger partial charge is 0.191 e. The summed E-state index contributed by atoms with van der Waals surface area (Å²) in [6.07, 6.45) is 5.59. The summed E-state index contributed by atoms with van der Waals surface area (Å²) in [6.45, 7) is 14.6. The predicted octanol–water partition coefficient (Wildman–Crippen LogP) is 2.47. The fraction of sp³-hybridized carbons (Fsp3) is 0.700. The number of guanidine groups is 1. The summed E-state index contributed by atoms with van der Waals surface area (Å²) < 4.78 is 0. The molecule has 0 saturated carbocycles. The van der Waals surface area contributed by atoms with Crippen LogP contribution in [0.1, 0.15) is 45.6 Å². The van der Waals surface area contributed by atoms with Gasteiger partial charge in [0.2, 0.25) is 0 Å². The van der Waals surface area contributed by atoms with Crippen molar-refractivity contribution in [2.75, 3.05) is 50.7 Å². The van der Waals surface area contributed by atoms with Crippen LogP contribution in [0.15, 0.2) is 23.3 Å². The molecule has 0 aliphatic carbocycles. The standard InChI is InChI=1S/C20H36N6/c1-4-7-8-10-23-20(21-5-2)24-17-18-9-11-22-19(16-18)26-14-12-25(6-3)13-15-26/h9,11,16H,4-8,10,12-15,17H2,1-3H3,(H2,21,23,24). The summed E-state index contributed by atoms with van der Waals surface area (Å²) in [5, 5.41) is 6.75. The maximum absolute atomic E-state index is 4.73. The molecule has 1 aliphatic rings. The maximum Gasteiger partial charge on any atom is 0.191 e. The zero-order chi connectivity index (χ0) is 18.6. The third-order valence-electron chi connectivity index (χ3n) is 4.79. The van der Waals surface area contributed by atoms with Crippen molar-refractivity contribution in [1.82, 2.24) is 20.5 Å². The normalized spacial score (nSPS) is 16.0. The lowest BCUT2D eigenvalue weighted by Gasteiger charge is -2.34. The SMILES string of the molecule is CCCCCNC(=NCc1ccnc(N2CCN(CC)CC2)c1)NCC. The predicted molar refractivity (Wildman–Crippen MR) is 111 cm³/mol. The maximum atomic E-state index is 4.73. The first kappa shape index (κ1) is 20.5. The molecule has 1 aliphatic heterocycles. The van der Waals surface area contributed by atoms with E-state index < -0.39 is 0 Å². The van der Waals surface area contributed by atoms with Crippen LogP contribution in [-0.4, -0.2) is 61.7 Å². The van der Waals surface area contributed by atoms with E-state index in [4.69, 9.17) is 4.99 Å². The van der Waals surface area contributed by atoms with Gasteiger partial charge in [0.05, 0.1) is 6.54 Å². The molecular formula is C20H36N6. The second-order valence-electron chi connectivity index (χ2n) is 6.77. The van der Waals surface area contributed by atoms with Gasteiger partial charge in [-0.15, -0.1) is 0 Å². The van der Waals surface area contributed by atoms with Crippen LogP contribution in [0, 0.1) is 0 Å². The molecule has 2 N–H and O–H groups in total. The molecule has 0 aromatic carbocycles. The molecule has 0 bridgehead atoms. The highest BCUT2D eigenvalue weighted by Crippen LogP contribution is 2.15. The van der Waals surface area contributed by atoms with E-state index in [1.54, 1.807) is 0 Å². The monoisotopic (exact) mass is 360 g/mol. The number of hydrogen-bond donors (Lipinski definition) is 2. The number of nitrogens with zero attached hydrogens (tertiary/aromatic N) is 4. The van der Waals surface area contributed by atoms with Gasteiger partial charge in [-0.1, -0.05) is 26.7 Å². The van der Waals surface area contributed by atoms with E-state index >= 15 is 0 Å². The van der Waals surface area contributed by atoms with Crippen molar-refractivity contribution in [3.05, 3.63) is 23.9 Å². The first-order valence-corrected chi connectivity index (χ1v) is 10.2.